The molecule has 0 aliphatic carbocycles. The number of hydrogen-bond acceptors (Lipinski definition) is 5. The van der Waals surface area contributed by atoms with Crippen LogP contribution >= 0.6 is 11.8 Å². The SMILES string of the molecule is CC1=C(C(=O)Nc2ccccc2)[C@@H](CC(C)C)n2nc(SCc3ccccc3C)nc2N1. The molecule has 2 N–H and O–H groups in total. The van der Waals surface area contributed by atoms with Crippen molar-refractivity contribution in [1.29, 1.82) is 0 Å². The van der Waals surface area contributed by atoms with Crippen molar-refractivity contribution >= 4 is 29.3 Å². The van der Waals surface area contributed by atoms with E-state index in [2.05, 4.69) is 49.6 Å². The molecule has 0 spiro atoms. The largest absolute Gasteiger partial charge is 0.328 e. The number of para-hydroxylation sites is 1. The first-order chi connectivity index (χ1) is 15.4. The zero-order valence-corrected chi connectivity index (χ0v) is 19.7. The van der Waals surface area contributed by atoms with Crippen LogP contribution in [0.4, 0.5) is 11.6 Å². The van der Waals surface area contributed by atoms with Gasteiger partial charge in [0, 0.05) is 17.1 Å². The standard InChI is InChI=1S/C25H29N5OS/c1-16(2)14-21-22(23(31)27-20-12-6-5-7-13-20)18(4)26-24-28-25(29-30(21)24)32-15-19-11-9-8-10-17(19)3/h5-13,16,21H,14-15H2,1-4H3,(H,27,31)(H,26,28,29)/t21-/m1/s1. The molecule has 1 amide bonds. The van der Waals surface area contributed by atoms with Crippen LogP contribution in [0.3, 0.4) is 0 Å². The lowest BCUT2D eigenvalue weighted by atomic mass is 9.94. The molecular formula is C25H29N5OS. The van der Waals surface area contributed by atoms with Gasteiger partial charge in [-0.1, -0.05) is 68.1 Å². The Morgan fingerprint density at radius 3 is 2.56 bits per heavy atom. The van der Waals surface area contributed by atoms with Crippen molar-refractivity contribution in [3.05, 3.63) is 77.0 Å². The van der Waals surface area contributed by atoms with Crippen LogP contribution in [-0.2, 0) is 10.5 Å². The third kappa shape index (κ3) is 4.88. The number of thioether (sulfide) groups is 1. The summed E-state index contributed by atoms with van der Waals surface area (Å²) in [5.41, 5.74) is 4.83. The molecule has 4 rings (SSSR count). The van der Waals surface area contributed by atoms with E-state index in [9.17, 15) is 4.79 Å². The monoisotopic (exact) mass is 447 g/mol. The number of anilines is 2. The Morgan fingerprint density at radius 2 is 1.84 bits per heavy atom. The summed E-state index contributed by atoms with van der Waals surface area (Å²) in [4.78, 5) is 18.0. The maximum Gasteiger partial charge on any atom is 0.255 e. The van der Waals surface area contributed by atoms with Crippen LogP contribution in [0.1, 0.15) is 44.4 Å². The minimum absolute atomic E-state index is 0.109. The zero-order valence-electron chi connectivity index (χ0n) is 18.9. The van der Waals surface area contributed by atoms with Crippen LogP contribution in [-0.4, -0.2) is 20.7 Å². The molecule has 166 valence electrons. The number of allylic oxidation sites excluding steroid dienone is 1. The van der Waals surface area contributed by atoms with Gasteiger partial charge in [-0.3, -0.25) is 4.79 Å². The zero-order chi connectivity index (χ0) is 22.7. The van der Waals surface area contributed by atoms with Gasteiger partial charge < -0.3 is 10.6 Å². The summed E-state index contributed by atoms with van der Waals surface area (Å²) in [5, 5.41) is 11.8. The van der Waals surface area contributed by atoms with Gasteiger partial charge in [0.15, 0.2) is 0 Å². The first-order valence-electron chi connectivity index (χ1n) is 10.9. The summed E-state index contributed by atoms with van der Waals surface area (Å²) in [5.74, 6) is 1.78. The topological polar surface area (TPSA) is 71.8 Å². The Labute approximate surface area is 193 Å². The number of amides is 1. The Balaban J connectivity index is 1.58. The molecule has 0 saturated carbocycles. The van der Waals surface area contributed by atoms with Crippen molar-refractivity contribution in [3.8, 4) is 0 Å². The summed E-state index contributed by atoms with van der Waals surface area (Å²) in [6, 6.07) is 17.7. The minimum atomic E-state index is -0.171. The molecule has 0 bridgehead atoms. The Morgan fingerprint density at radius 1 is 1.12 bits per heavy atom. The number of rotatable bonds is 7. The minimum Gasteiger partial charge on any atom is -0.328 e. The smallest absolute Gasteiger partial charge is 0.255 e. The third-order valence-corrected chi connectivity index (χ3v) is 6.42. The van der Waals surface area contributed by atoms with Crippen molar-refractivity contribution in [2.24, 2.45) is 5.92 Å². The van der Waals surface area contributed by atoms with E-state index in [0.717, 1.165) is 23.6 Å². The Kier molecular flexibility index (Phi) is 6.65. The predicted molar refractivity (Wildman–Crippen MR) is 131 cm³/mol. The van der Waals surface area contributed by atoms with Crippen molar-refractivity contribution in [2.75, 3.05) is 10.6 Å². The average molecular weight is 448 g/mol. The highest BCUT2D eigenvalue weighted by Crippen LogP contribution is 2.36. The summed E-state index contributed by atoms with van der Waals surface area (Å²) in [6.45, 7) is 8.38. The molecule has 1 aliphatic rings. The van der Waals surface area contributed by atoms with Crippen LogP contribution in [0.2, 0.25) is 0 Å². The number of carbonyl (C=O) groups is 1. The molecule has 2 heterocycles. The Hall–Kier alpha value is -3.06. The first kappa shape index (κ1) is 22.1. The third-order valence-electron chi connectivity index (χ3n) is 5.53. The molecule has 1 atom stereocenters. The van der Waals surface area contributed by atoms with Gasteiger partial charge in [0.2, 0.25) is 11.1 Å². The number of benzene rings is 2. The van der Waals surface area contributed by atoms with Crippen molar-refractivity contribution < 1.29 is 4.79 Å². The first-order valence-corrected chi connectivity index (χ1v) is 11.9. The molecule has 1 aromatic heterocycles. The molecular weight excluding hydrogens is 418 g/mol. The van der Waals surface area contributed by atoms with Gasteiger partial charge in [-0.05, 0) is 49.4 Å². The second kappa shape index (κ2) is 9.61. The van der Waals surface area contributed by atoms with E-state index in [0.29, 0.717) is 22.6 Å². The maximum atomic E-state index is 13.3. The molecule has 3 aromatic rings. The van der Waals surface area contributed by atoms with E-state index in [1.807, 2.05) is 48.0 Å². The highest BCUT2D eigenvalue weighted by Gasteiger charge is 2.33. The number of aryl methyl sites for hydroxylation is 1. The van der Waals surface area contributed by atoms with Crippen LogP contribution in [0.15, 0.2) is 71.0 Å². The van der Waals surface area contributed by atoms with E-state index in [1.165, 1.54) is 11.1 Å². The van der Waals surface area contributed by atoms with E-state index >= 15 is 0 Å². The van der Waals surface area contributed by atoms with Crippen LogP contribution in [0, 0.1) is 12.8 Å². The molecule has 0 saturated heterocycles. The van der Waals surface area contributed by atoms with Gasteiger partial charge in [-0.25, -0.2) is 4.68 Å². The highest BCUT2D eigenvalue weighted by atomic mass is 32.2. The number of nitrogens with zero attached hydrogens (tertiary/aromatic N) is 3. The predicted octanol–water partition coefficient (Wildman–Crippen LogP) is 5.80. The normalized spacial score (nSPS) is 15.5. The lowest BCUT2D eigenvalue weighted by molar-refractivity contribution is -0.113. The van der Waals surface area contributed by atoms with Gasteiger partial charge in [0.1, 0.15) is 0 Å². The van der Waals surface area contributed by atoms with Crippen LogP contribution in [0.5, 0.6) is 0 Å². The fraction of sp³-hybridized carbons (Fsp3) is 0.320. The summed E-state index contributed by atoms with van der Waals surface area (Å²) in [7, 11) is 0. The number of nitrogens with one attached hydrogen (secondary N) is 2. The number of fused-ring (bicyclic) bond motifs is 1. The highest BCUT2D eigenvalue weighted by molar-refractivity contribution is 7.98. The van der Waals surface area contributed by atoms with Crippen molar-refractivity contribution in [2.45, 2.75) is 51.1 Å². The fourth-order valence-corrected chi connectivity index (χ4v) is 4.80. The van der Waals surface area contributed by atoms with Crippen molar-refractivity contribution in [1.82, 2.24) is 14.8 Å². The van der Waals surface area contributed by atoms with Gasteiger partial charge in [0.25, 0.3) is 5.91 Å². The van der Waals surface area contributed by atoms with E-state index < -0.39 is 0 Å². The Bertz CT molecular complexity index is 1140. The quantitative estimate of drug-likeness (QED) is 0.448. The number of hydrogen-bond donors (Lipinski definition) is 2. The van der Waals surface area contributed by atoms with Gasteiger partial charge in [-0.15, -0.1) is 5.10 Å². The van der Waals surface area contributed by atoms with E-state index in [-0.39, 0.29) is 11.9 Å². The van der Waals surface area contributed by atoms with E-state index in [1.54, 1.807) is 11.8 Å². The average Bonchev–Trinajstić information content (AvgIpc) is 3.16. The molecule has 2 aromatic carbocycles. The summed E-state index contributed by atoms with van der Waals surface area (Å²) < 4.78 is 1.88. The molecule has 0 radical (unpaired) electrons. The van der Waals surface area contributed by atoms with Crippen LogP contribution in [0.25, 0.3) is 0 Å². The summed E-state index contributed by atoms with van der Waals surface area (Å²) >= 11 is 1.61. The second-order valence-corrected chi connectivity index (χ2v) is 9.45. The molecule has 1 aliphatic heterocycles. The molecule has 6 nitrogen and oxygen atoms in total. The number of carbonyl (C=O) groups excluding carboxylic acids is 1. The molecule has 0 fully saturated rings. The van der Waals surface area contributed by atoms with E-state index in [4.69, 9.17) is 10.1 Å². The van der Waals surface area contributed by atoms with Crippen molar-refractivity contribution in [3.63, 3.8) is 0 Å². The lowest BCUT2D eigenvalue weighted by Crippen LogP contribution is -2.31. The van der Waals surface area contributed by atoms with Gasteiger partial charge >= 0.3 is 0 Å². The van der Waals surface area contributed by atoms with Gasteiger partial charge in [0.05, 0.1) is 11.6 Å². The number of aromatic nitrogens is 3. The lowest BCUT2D eigenvalue weighted by Gasteiger charge is -2.29. The summed E-state index contributed by atoms with van der Waals surface area (Å²) in [6.07, 6.45) is 0.800. The van der Waals surface area contributed by atoms with Gasteiger partial charge in [-0.2, -0.15) is 4.98 Å². The maximum absolute atomic E-state index is 13.3. The molecule has 7 heteroatoms. The molecule has 32 heavy (non-hydrogen) atoms. The molecule has 0 unspecified atom stereocenters. The second-order valence-electron chi connectivity index (χ2n) is 8.51. The van der Waals surface area contributed by atoms with Crippen LogP contribution < -0.4 is 10.6 Å². The fourth-order valence-electron chi connectivity index (χ4n) is 3.89.